The van der Waals surface area contributed by atoms with Crippen LogP contribution >= 0.6 is 22.9 Å². The third kappa shape index (κ3) is 6.54. The van der Waals surface area contributed by atoms with Gasteiger partial charge in [0.05, 0.1) is 21.5 Å². The number of thiazole rings is 1. The van der Waals surface area contributed by atoms with E-state index < -0.39 is 34.9 Å². The molecule has 0 spiro atoms. The normalized spacial score (nSPS) is 13.5. The quantitative estimate of drug-likeness (QED) is 0.323. The van der Waals surface area contributed by atoms with Crippen LogP contribution < -0.4 is 16.4 Å². The third-order valence-corrected chi connectivity index (χ3v) is 6.18. The van der Waals surface area contributed by atoms with Crippen LogP contribution in [0.25, 0.3) is 0 Å². The lowest BCUT2D eigenvalue weighted by Gasteiger charge is -2.16. The molecule has 2 atom stereocenters. The number of amides is 1. The second kappa shape index (κ2) is 10.7. The monoisotopic (exact) mass is 530 g/mol. The maximum absolute atomic E-state index is 13.1. The molecule has 10 nitrogen and oxygen atoms in total. The first-order chi connectivity index (χ1) is 16.4. The van der Waals surface area contributed by atoms with Crippen molar-refractivity contribution in [3.8, 4) is 0 Å². The Balaban J connectivity index is 1.71. The fraction of sp³-hybridized carbons (Fsp3) is 0.350. The Morgan fingerprint density at radius 3 is 2.63 bits per heavy atom. The average Bonchev–Trinajstić information content (AvgIpc) is 3.26. The minimum Gasteiger partial charge on any atom is -0.383 e. The van der Waals surface area contributed by atoms with Crippen LogP contribution in [-0.2, 0) is 12.7 Å². The zero-order valence-electron chi connectivity index (χ0n) is 18.8. The van der Waals surface area contributed by atoms with E-state index in [9.17, 15) is 23.1 Å². The maximum Gasteiger partial charge on any atom is 0.418 e. The molecular weight excluding hydrogens is 509 g/mol. The molecule has 1 amide bonds. The van der Waals surface area contributed by atoms with E-state index in [1.165, 1.54) is 12.5 Å². The van der Waals surface area contributed by atoms with Crippen molar-refractivity contribution in [3.63, 3.8) is 0 Å². The number of aliphatic hydroxyl groups excluding tert-OH is 1. The molecule has 0 saturated heterocycles. The average molecular weight is 531 g/mol. The minimum absolute atomic E-state index is 0.130. The fourth-order valence-electron chi connectivity index (χ4n) is 2.99. The number of aliphatic hydroxyl groups is 1. The van der Waals surface area contributed by atoms with Crippen LogP contribution in [0.1, 0.15) is 50.7 Å². The van der Waals surface area contributed by atoms with Crippen molar-refractivity contribution >= 4 is 40.5 Å². The Labute approximate surface area is 207 Å². The van der Waals surface area contributed by atoms with Crippen LogP contribution in [0.4, 0.5) is 24.8 Å². The summed E-state index contributed by atoms with van der Waals surface area (Å²) < 4.78 is 39.2. The SMILES string of the molecule is C[C@H](NC(=O)c1ncnc(N)c1CN(C)C)c1ncc(C(O)Nc2cc(C(F)(F)F)c(Cl)cn2)s1. The van der Waals surface area contributed by atoms with Crippen LogP contribution in [-0.4, -0.2) is 49.9 Å². The van der Waals surface area contributed by atoms with Gasteiger partial charge in [-0.05, 0) is 27.1 Å². The van der Waals surface area contributed by atoms with E-state index in [0.29, 0.717) is 28.1 Å². The molecule has 15 heteroatoms. The van der Waals surface area contributed by atoms with Gasteiger partial charge in [-0.25, -0.2) is 19.9 Å². The second-order valence-corrected chi connectivity index (χ2v) is 9.21. The van der Waals surface area contributed by atoms with Gasteiger partial charge >= 0.3 is 6.18 Å². The highest BCUT2D eigenvalue weighted by atomic mass is 35.5. The maximum atomic E-state index is 13.1. The zero-order chi connectivity index (χ0) is 25.9. The number of nitrogens with zero attached hydrogens (tertiary/aromatic N) is 5. The van der Waals surface area contributed by atoms with Crippen LogP contribution in [0.5, 0.6) is 0 Å². The van der Waals surface area contributed by atoms with Gasteiger partial charge in [0.25, 0.3) is 5.91 Å². The van der Waals surface area contributed by atoms with E-state index in [2.05, 4.69) is 30.6 Å². The molecule has 3 rings (SSSR count). The Bertz CT molecular complexity index is 1210. The van der Waals surface area contributed by atoms with Crippen molar-refractivity contribution in [2.24, 2.45) is 0 Å². The highest BCUT2D eigenvalue weighted by molar-refractivity contribution is 7.11. The summed E-state index contributed by atoms with van der Waals surface area (Å²) in [4.78, 5) is 30.9. The standard InChI is InChI=1S/C20H22ClF3N8O2S/c1-9(30-18(34)15-10(7-32(2)3)16(25)29-8-28-15)19-27-6-13(35-19)17(33)31-14-4-11(20(22,23)24)12(21)5-26-14/h4-6,8-9,17,33H,7H2,1-3H3,(H,26,31)(H,30,34)(H2,25,28,29)/t9-,17?/m0/s1. The van der Waals surface area contributed by atoms with Crippen LogP contribution in [0.2, 0.25) is 5.02 Å². The smallest absolute Gasteiger partial charge is 0.383 e. The lowest BCUT2D eigenvalue weighted by molar-refractivity contribution is -0.137. The first-order valence-corrected chi connectivity index (χ1v) is 11.2. The van der Waals surface area contributed by atoms with E-state index in [4.69, 9.17) is 17.3 Å². The minimum atomic E-state index is -4.67. The molecule has 0 radical (unpaired) electrons. The number of anilines is 2. The first-order valence-electron chi connectivity index (χ1n) is 10.0. The summed E-state index contributed by atoms with van der Waals surface area (Å²) in [5, 5.41) is 15.6. The largest absolute Gasteiger partial charge is 0.418 e. The van der Waals surface area contributed by atoms with Crippen LogP contribution in [0, 0.1) is 0 Å². The molecule has 3 aromatic rings. The molecule has 5 N–H and O–H groups in total. The number of hydrogen-bond donors (Lipinski definition) is 4. The Morgan fingerprint density at radius 2 is 1.97 bits per heavy atom. The molecule has 188 valence electrons. The molecule has 3 aromatic heterocycles. The molecule has 3 heterocycles. The lowest BCUT2D eigenvalue weighted by Crippen LogP contribution is -2.30. The highest BCUT2D eigenvalue weighted by Gasteiger charge is 2.34. The van der Waals surface area contributed by atoms with Crippen molar-refractivity contribution in [1.29, 1.82) is 0 Å². The topological polar surface area (TPSA) is 142 Å². The summed E-state index contributed by atoms with van der Waals surface area (Å²) in [6.45, 7) is 2.05. The second-order valence-electron chi connectivity index (χ2n) is 7.71. The molecule has 0 saturated carbocycles. The summed E-state index contributed by atoms with van der Waals surface area (Å²) in [6, 6.07) is 0.136. The third-order valence-electron chi connectivity index (χ3n) is 4.64. The summed E-state index contributed by atoms with van der Waals surface area (Å²) >= 11 is 6.63. The Hall–Kier alpha value is -3.07. The van der Waals surface area contributed by atoms with E-state index in [1.54, 1.807) is 6.92 Å². The van der Waals surface area contributed by atoms with Crippen LogP contribution in [0.15, 0.2) is 24.8 Å². The number of nitrogens with two attached hydrogens (primary N) is 1. The summed E-state index contributed by atoms with van der Waals surface area (Å²) in [6.07, 6.45) is -2.67. The number of rotatable bonds is 8. The van der Waals surface area contributed by atoms with Gasteiger partial charge in [-0.1, -0.05) is 11.6 Å². The molecule has 1 unspecified atom stereocenters. The van der Waals surface area contributed by atoms with Gasteiger partial charge in [0, 0.05) is 24.5 Å². The number of pyridine rings is 1. The van der Waals surface area contributed by atoms with Gasteiger partial charge in [-0.3, -0.25) is 4.79 Å². The van der Waals surface area contributed by atoms with Crippen molar-refractivity contribution < 1.29 is 23.1 Å². The van der Waals surface area contributed by atoms with E-state index >= 15 is 0 Å². The lowest BCUT2D eigenvalue weighted by atomic mass is 10.1. The molecule has 0 aliphatic rings. The Morgan fingerprint density at radius 1 is 1.26 bits per heavy atom. The summed E-state index contributed by atoms with van der Waals surface area (Å²) in [5.74, 6) is -0.508. The molecular formula is C20H22ClF3N8O2S. The van der Waals surface area contributed by atoms with Gasteiger partial charge < -0.3 is 26.4 Å². The molecule has 0 fully saturated rings. The summed E-state index contributed by atoms with van der Waals surface area (Å²) in [5.41, 5.74) is 5.45. The highest BCUT2D eigenvalue weighted by Crippen LogP contribution is 2.36. The number of nitrogens with one attached hydrogen (secondary N) is 2. The van der Waals surface area contributed by atoms with Gasteiger partial charge in [-0.15, -0.1) is 11.3 Å². The fourth-order valence-corrected chi connectivity index (χ4v) is 4.06. The number of hydrogen-bond acceptors (Lipinski definition) is 10. The summed E-state index contributed by atoms with van der Waals surface area (Å²) in [7, 11) is 3.63. The number of carbonyl (C=O) groups is 1. The number of halogens is 4. The van der Waals surface area contributed by atoms with Crippen molar-refractivity contribution in [2.75, 3.05) is 25.1 Å². The Kier molecular flexibility index (Phi) is 8.10. The number of carbonyl (C=O) groups excluding carboxylic acids is 1. The van der Waals surface area contributed by atoms with Gasteiger partial charge in [-0.2, -0.15) is 13.2 Å². The molecule has 0 aliphatic carbocycles. The molecule has 0 bridgehead atoms. The van der Waals surface area contributed by atoms with E-state index in [1.807, 2.05) is 19.0 Å². The molecule has 0 aromatic carbocycles. The van der Waals surface area contributed by atoms with Crippen molar-refractivity contribution in [1.82, 2.24) is 30.2 Å². The number of aromatic nitrogens is 4. The first kappa shape index (κ1) is 26.5. The van der Waals surface area contributed by atoms with E-state index in [-0.39, 0.29) is 17.3 Å². The zero-order valence-corrected chi connectivity index (χ0v) is 20.3. The number of alkyl halides is 3. The molecule has 0 aliphatic heterocycles. The van der Waals surface area contributed by atoms with Gasteiger partial charge in [0.15, 0.2) is 6.23 Å². The predicted octanol–water partition coefficient (Wildman–Crippen LogP) is 3.24. The van der Waals surface area contributed by atoms with Crippen molar-refractivity contribution in [2.45, 2.75) is 31.9 Å². The molecule has 35 heavy (non-hydrogen) atoms. The predicted molar refractivity (Wildman–Crippen MR) is 125 cm³/mol. The van der Waals surface area contributed by atoms with Gasteiger partial charge in [0.1, 0.15) is 28.7 Å². The van der Waals surface area contributed by atoms with E-state index in [0.717, 1.165) is 17.5 Å². The number of nitrogen functional groups attached to an aromatic ring is 1. The van der Waals surface area contributed by atoms with Crippen molar-refractivity contribution in [3.05, 3.63) is 56.5 Å². The van der Waals surface area contributed by atoms with Crippen LogP contribution in [0.3, 0.4) is 0 Å². The van der Waals surface area contributed by atoms with Gasteiger partial charge in [0.2, 0.25) is 0 Å².